The molecule has 0 fully saturated rings. The Morgan fingerprint density at radius 2 is 1.97 bits per heavy atom. The monoisotopic (exact) mass is 477 g/mol. The van der Waals surface area contributed by atoms with Crippen molar-refractivity contribution >= 4 is 34.3 Å². The molecule has 2 aliphatic rings. The Morgan fingerprint density at radius 3 is 2.79 bits per heavy atom. The fourth-order valence-electron chi connectivity index (χ4n) is 5.23. The van der Waals surface area contributed by atoms with E-state index in [9.17, 15) is 4.79 Å². The van der Waals surface area contributed by atoms with E-state index >= 15 is 0 Å². The van der Waals surface area contributed by atoms with Crippen LogP contribution in [0.4, 0.5) is 10.5 Å². The van der Waals surface area contributed by atoms with Crippen LogP contribution in [0.15, 0.2) is 60.8 Å². The fourth-order valence-corrected chi connectivity index (χ4v) is 5.40. The van der Waals surface area contributed by atoms with E-state index in [2.05, 4.69) is 46.4 Å². The van der Waals surface area contributed by atoms with Gasteiger partial charge in [0.05, 0.1) is 5.69 Å². The molecule has 1 amide bonds. The molecule has 34 heavy (non-hydrogen) atoms. The Morgan fingerprint density at radius 1 is 1.15 bits per heavy atom. The number of amides is 1. The second-order valence-electron chi connectivity index (χ2n) is 10.3. The Labute approximate surface area is 206 Å². The lowest BCUT2D eigenvalue weighted by atomic mass is 9.95. The van der Waals surface area contributed by atoms with Gasteiger partial charge < -0.3 is 9.72 Å². The van der Waals surface area contributed by atoms with Crippen LogP contribution >= 0.6 is 11.6 Å². The van der Waals surface area contributed by atoms with E-state index in [1.807, 2.05) is 49.9 Å². The molecule has 5 rings (SSSR count). The Bertz CT molecular complexity index is 1230. The van der Waals surface area contributed by atoms with Crippen molar-refractivity contribution in [3.63, 3.8) is 0 Å². The molecule has 6 heteroatoms. The lowest BCUT2D eigenvalue weighted by Crippen LogP contribution is -2.37. The summed E-state index contributed by atoms with van der Waals surface area (Å²) in [4.78, 5) is 20.7. The average Bonchev–Trinajstić information content (AvgIpc) is 3.38. The molecule has 3 heterocycles. The predicted molar refractivity (Wildman–Crippen MR) is 139 cm³/mol. The number of aromatic nitrogens is 1. The van der Waals surface area contributed by atoms with Crippen LogP contribution in [0.25, 0.3) is 10.9 Å². The van der Waals surface area contributed by atoms with Gasteiger partial charge in [0.15, 0.2) is 0 Å². The minimum Gasteiger partial charge on any atom is -0.443 e. The third-order valence-electron chi connectivity index (χ3n) is 6.79. The van der Waals surface area contributed by atoms with E-state index in [1.165, 1.54) is 16.5 Å². The molecule has 2 atom stereocenters. The summed E-state index contributed by atoms with van der Waals surface area (Å²) in [6, 6.07) is 14.6. The second-order valence-corrected chi connectivity index (χ2v) is 10.7. The summed E-state index contributed by atoms with van der Waals surface area (Å²) < 4.78 is 5.69. The molecule has 0 saturated carbocycles. The molecule has 3 aromatic rings. The van der Waals surface area contributed by atoms with Gasteiger partial charge in [-0.15, -0.1) is 0 Å². The van der Waals surface area contributed by atoms with Crippen LogP contribution in [0.1, 0.15) is 56.7 Å². The zero-order chi connectivity index (χ0) is 23.9. The first-order valence-electron chi connectivity index (χ1n) is 12.1. The number of carbonyl (C=O) groups excluding carboxylic acids is 1. The minimum atomic E-state index is -0.513. The number of benzene rings is 2. The van der Waals surface area contributed by atoms with Gasteiger partial charge in [0, 0.05) is 47.2 Å². The van der Waals surface area contributed by atoms with Crippen molar-refractivity contribution in [2.75, 3.05) is 24.5 Å². The SMILES string of the molecule is CC(C)(C)OC(=O)N1CC(CCN2CC=CCC2c2c[nH]c3cc(Cl)ccc23)c2ccccc21. The van der Waals surface area contributed by atoms with Gasteiger partial charge in [0.2, 0.25) is 0 Å². The van der Waals surface area contributed by atoms with Crippen molar-refractivity contribution < 1.29 is 9.53 Å². The van der Waals surface area contributed by atoms with E-state index in [0.717, 1.165) is 42.2 Å². The maximum atomic E-state index is 12.9. The molecule has 0 bridgehead atoms. The van der Waals surface area contributed by atoms with Crippen molar-refractivity contribution in [3.8, 4) is 0 Å². The third kappa shape index (κ3) is 4.59. The molecular weight excluding hydrogens is 446 g/mol. The first-order chi connectivity index (χ1) is 16.3. The number of carbonyl (C=O) groups is 1. The smallest absolute Gasteiger partial charge is 0.414 e. The molecule has 0 spiro atoms. The van der Waals surface area contributed by atoms with Gasteiger partial charge >= 0.3 is 6.09 Å². The van der Waals surface area contributed by atoms with Gasteiger partial charge in [-0.2, -0.15) is 0 Å². The quantitative estimate of drug-likeness (QED) is 0.409. The van der Waals surface area contributed by atoms with E-state index in [4.69, 9.17) is 16.3 Å². The largest absolute Gasteiger partial charge is 0.443 e. The summed E-state index contributed by atoms with van der Waals surface area (Å²) in [5.74, 6) is 0.289. The number of ether oxygens (including phenoxy) is 1. The summed E-state index contributed by atoms with van der Waals surface area (Å²) in [5, 5.41) is 1.98. The number of fused-ring (bicyclic) bond motifs is 2. The van der Waals surface area contributed by atoms with Crippen molar-refractivity contribution in [2.45, 2.75) is 51.2 Å². The van der Waals surface area contributed by atoms with Crippen molar-refractivity contribution in [1.82, 2.24) is 9.88 Å². The molecule has 0 aliphatic carbocycles. The predicted octanol–water partition coefficient (Wildman–Crippen LogP) is 7.05. The van der Waals surface area contributed by atoms with Gasteiger partial charge in [-0.3, -0.25) is 9.80 Å². The van der Waals surface area contributed by atoms with Crippen molar-refractivity contribution in [1.29, 1.82) is 0 Å². The zero-order valence-electron chi connectivity index (χ0n) is 20.1. The highest BCUT2D eigenvalue weighted by Gasteiger charge is 2.35. The van der Waals surface area contributed by atoms with Gasteiger partial charge in [0.25, 0.3) is 0 Å². The summed E-state index contributed by atoms with van der Waals surface area (Å²) >= 11 is 6.20. The van der Waals surface area contributed by atoms with Gasteiger partial charge in [-0.1, -0.05) is 48.0 Å². The molecule has 178 valence electrons. The number of nitrogens with zero attached hydrogens (tertiary/aromatic N) is 2. The summed E-state index contributed by atoms with van der Waals surface area (Å²) in [6.07, 6.45) is 8.38. The number of anilines is 1. The number of para-hydroxylation sites is 1. The summed E-state index contributed by atoms with van der Waals surface area (Å²) in [7, 11) is 0. The highest BCUT2D eigenvalue weighted by Crippen LogP contribution is 2.40. The number of aromatic amines is 1. The molecular formula is C28H32ClN3O2. The van der Waals surface area contributed by atoms with Crippen LogP contribution in [0.2, 0.25) is 5.02 Å². The molecule has 5 nitrogen and oxygen atoms in total. The molecule has 2 aliphatic heterocycles. The fraction of sp³-hybridized carbons (Fsp3) is 0.393. The van der Waals surface area contributed by atoms with Crippen LogP contribution in [0, 0.1) is 0 Å². The number of halogens is 1. The van der Waals surface area contributed by atoms with Crippen LogP contribution in [-0.4, -0.2) is 41.2 Å². The number of H-pyrrole nitrogens is 1. The molecule has 1 N–H and O–H groups in total. The molecule has 0 radical (unpaired) electrons. The number of hydrogen-bond donors (Lipinski definition) is 1. The van der Waals surface area contributed by atoms with Gasteiger partial charge in [-0.05, 0) is 69.5 Å². The number of hydrogen-bond acceptors (Lipinski definition) is 3. The minimum absolute atomic E-state index is 0.265. The molecule has 2 aromatic carbocycles. The Kier molecular flexibility index (Phi) is 6.17. The summed E-state index contributed by atoms with van der Waals surface area (Å²) in [5.41, 5.74) is 4.10. The Balaban J connectivity index is 1.33. The highest BCUT2D eigenvalue weighted by atomic mass is 35.5. The van der Waals surface area contributed by atoms with Crippen LogP contribution in [0.5, 0.6) is 0 Å². The summed E-state index contributed by atoms with van der Waals surface area (Å²) in [6.45, 7) is 8.27. The van der Waals surface area contributed by atoms with Crippen LogP contribution in [-0.2, 0) is 4.74 Å². The van der Waals surface area contributed by atoms with Crippen molar-refractivity contribution in [2.24, 2.45) is 0 Å². The maximum absolute atomic E-state index is 12.9. The normalized spacial score (nSPS) is 20.6. The maximum Gasteiger partial charge on any atom is 0.414 e. The zero-order valence-corrected chi connectivity index (χ0v) is 20.8. The van der Waals surface area contributed by atoms with E-state index in [1.54, 1.807) is 0 Å². The first-order valence-corrected chi connectivity index (χ1v) is 12.4. The van der Waals surface area contributed by atoms with E-state index in [-0.39, 0.29) is 12.0 Å². The van der Waals surface area contributed by atoms with Crippen LogP contribution in [0.3, 0.4) is 0 Å². The Hall–Kier alpha value is -2.76. The molecule has 1 aromatic heterocycles. The van der Waals surface area contributed by atoms with Crippen LogP contribution < -0.4 is 4.90 Å². The van der Waals surface area contributed by atoms with E-state index in [0.29, 0.717) is 12.6 Å². The third-order valence-corrected chi connectivity index (χ3v) is 7.03. The van der Waals surface area contributed by atoms with Crippen molar-refractivity contribution in [3.05, 3.63) is 77.0 Å². The first kappa shape index (κ1) is 23.0. The lowest BCUT2D eigenvalue weighted by Gasteiger charge is -2.33. The second kappa shape index (κ2) is 9.12. The number of rotatable bonds is 4. The lowest BCUT2D eigenvalue weighted by molar-refractivity contribution is 0.0581. The standard InChI is InChI=1S/C28H32ClN3O2/c1-28(2,3)34-27(33)32-18-19(21-8-4-5-10-26(21)32)13-15-31-14-7-6-9-25(31)23-17-30-24-16-20(29)11-12-22(23)24/h4-8,10-12,16-17,19,25,30H,9,13-15,18H2,1-3H3. The van der Waals surface area contributed by atoms with Gasteiger partial charge in [-0.25, -0.2) is 4.79 Å². The highest BCUT2D eigenvalue weighted by molar-refractivity contribution is 6.31. The average molecular weight is 478 g/mol. The topological polar surface area (TPSA) is 48.6 Å². The number of nitrogens with one attached hydrogen (secondary N) is 1. The molecule has 0 saturated heterocycles. The van der Waals surface area contributed by atoms with Gasteiger partial charge in [0.1, 0.15) is 5.60 Å². The van der Waals surface area contributed by atoms with E-state index < -0.39 is 5.60 Å². The molecule has 2 unspecified atom stereocenters.